The summed E-state index contributed by atoms with van der Waals surface area (Å²) in [6.45, 7) is -0.0857. The second-order valence-corrected chi connectivity index (χ2v) is 4.83. The van der Waals surface area contributed by atoms with Crippen LogP contribution < -0.4 is 21.1 Å². The Bertz CT molecular complexity index is 340. The molecule has 0 aromatic carbocycles. The normalized spacial score (nSPS) is 10.9. The topological polar surface area (TPSA) is 130 Å². The SMILES string of the molecule is CS(=O)(=O)NCCNC(=O)CNC(=O)CN. The number of hydrogen-bond acceptors (Lipinski definition) is 5. The van der Waals surface area contributed by atoms with Crippen molar-refractivity contribution in [3.63, 3.8) is 0 Å². The standard InChI is InChI=1S/C7H16N4O4S/c1-16(14,15)11-3-2-9-7(13)5-10-6(12)4-8/h11H,2-5,8H2,1H3,(H,9,13)(H,10,12). The maximum atomic E-state index is 11.0. The van der Waals surface area contributed by atoms with Crippen LogP contribution in [0.5, 0.6) is 0 Å². The molecule has 0 bridgehead atoms. The second-order valence-electron chi connectivity index (χ2n) is 3.00. The van der Waals surface area contributed by atoms with Crippen LogP contribution in [0.3, 0.4) is 0 Å². The maximum absolute atomic E-state index is 11.0. The van der Waals surface area contributed by atoms with Crippen molar-refractivity contribution in [3.05, 3.63) is 0 Å². The molecule has 0 atom stereocenters. The molecular weight excluding hydrogens is 236 g/mol. The van der Waals surface area contributed by atoms with Crippen LogP contribution in [-0.2, 0) is 19.6 Å². The highest BCUT2D eigenvalue weighted by molar-refractivity contribution is 7.88. The lowest BCUT2D eigenvalue weighted by molar-refractivity contribution is -0.125. The van der Waals surface area contributed by atoms with Gasteiger partial charge in [-0.1, -0.05) is 0 Å². The summed E-state index contributed by atoms with van der Waals surface area (Å²) in [5, 5.41) is 4.69. The Morgan fingerprint density at radius 2 is 1.75 bits per heavy atom. The molecule has 8 nitrogen and oxygen atoms in total. The van der Waals surface area contributed by atoms with E-state index in [-0.39, 0.29) is 26.2 Å². The van der Waals surface area contributed by atoms with Crippen LogP contribution in [0.2, 0.25) is 0 Å². The van der Waals surface area contributed by atoms with Crippen molar-refractivity contribution in [1.29, 1.82) is 0 Å². The van der Waals surface area contributed by atoms with E-state index in [1.54, 1.807) is 0 Å². The molecule has 0 heterocycles. The Morgan fingerprint density at radius 3 is 2.25 bits per heavy atom. The van der Waals surface area contributed by atoms with Gasteiger partial charge in [0, 0.05) is 13.1 Å². The van der Waals surface area contributed by atoms with Gasteiger partial charge in [-0.2, -0.15) is 0 Å². The van der Waals surface area contributed by atoms with Gasteiger partial charge < -0.3 is 16.4 Å². The van der Waals surface area contributed by atoms with Gasteiger partial charge >= 0.3 is 0 Å². The fourth-order valence-electron chi connectivity index (χ4n) is 0.752. The average Bonchev–Trinajstić information content (AvgIpc) is 2.19. The summed E-state index contributed by atoms with van der Waals surface area (Å²) in [6, 6.07) is 0. The van der Waals surface area contributed by atoms with Crippen molar-refractivity contribution < 1.29 is 18.0 Å². The minimum absolute atomic E-state index is 0.107. The summed E-state index contributed by atoms with van der Waals surface area (Å²) in [7, 11) is -3.24. The molecule has 0 rings (SSSR count). The summed E-state index contributed by atoms with van der Waals surface area (Å²) >= 11 is 0. The van der Waals surface area contributed by atoms with Gasteiger partial charge in [-0.25, -0.2) is 13.1 Å². The van der Waals surface area contributed by atoms with Crippen LogP contribution in [0, 0.1) is 0 Å². The lowest BCUT2D eigenvalue weighted by Crippen LogP contribution is -2.41. The first-order valence-corrected chi connectivity index (χ1v) is 6.42. The van der Waals surface area contributed by atoms with E-state index in [1.807, 2.05) is 0 Å². The summed E-state index contributed by atoms with van der Waals surface area (Å²) < 4.78 is 23.5. The smallest absolute Gasteiger partial charge is 0.239 e. The van der Waals surface area contributed by atoms with Gasteiger partial charge in [0.15, 0.2) is 0 Å². The number of rotatable bonds is 7. The minimum atomic E-state index is -3.24. The summed E-state index contributed by atoms with van der Waals surface area (Å²) in [6.07, 6.45) is 1.02. The van der Waals surface area contributed by atoms with Crippen LogP contribution in [0.25, 0.3) is 0 Å². The first-order valence-electron chi connectivity index (χ1n) is 4.53. The minimum Gasteiger partial charge on any atom is -0.353 e. The first kappa shape index (κ1) is 14.8. The highest BCUT2D eigenvalue weighted by Gasteiger charge is 2.03. The third-order valence-electron chi connectivity index (χ3n) is 1.44. The van der Waals surface area contributed by atoms with Gasteiger partial charge in [0.25, 0.3) is 0 Å². The molecule has 0 unspecified atom stereocenters. The van der Waals surface area contributed by atoms with Crippen LogP contribution in [-0.4, -0.2) is 52.7 Å². The lowest BCUT2D eigenvalue weighted by atomic mass is 10.5. The number of nitrogens with one attached hydrogen (secondary N) is 3. The van der Waals surface area contributed by atoms with Gasteiger partial charge in [-0.3, -0.25) is 9.59 Å². The Morgan fingerprint density at radius 1 is 1.12 bits per heavy atom. The van der Waals surface area contributed by atoms with E-state index in [9.17, 15) is 18.0 Å². The molecule has 0 saturated heterocycles. The van der Waals surface area contributed by atoms with Crippen LogP contribution in [0.15, 0.2) is 0 Å². The van der Waals surface area contributed by atoms with Crippen molar-refractivity contribution in [3.8, 4) is 0 Å². The van der Waals surface area contributed by atoms with E-state index >= 15 is 0 Å². The largest absolute Gasteiger partial charge is 0.353 e. The molecular formula is C7H16N4O4S. The van der Waals surface area contributed by atoms with Crippen molar-refractivity contribution >= 4 is 21.8 Å². The van der Waals surface area contributed by atoms with Gasteiger partial charge in [-0.15, -0.1) is 0 Å². The van der Waals surface area contributed by atoms with Crippen molar-refractivity contribution in [2.45, 2.75) is 0 Å². The fraction of sp³-hybridized carbons (Fsp3) is 0.714. The van der Waals surface area contributed by atoms with Crippen molar-refractivity contribution in [1.82, 2.24) is 15.4 Å². The molecule has 0 aliphatic heterocycles. The summed E-state index contributed by atoms with van der Waals surface area (Å²) in [5.74, 6) is -0.832. The maximum Gasteiger partial charge on any atom is 0.239 e. The van der Waals surface area contributed by atoms with Gasteiger partial charge in [0.1, 0.15) is 0 Å². The molecule has 0 radical (unpaired) electrons. The Kier molecular flexibility index (Phi) is 6.61. The molecule has 9 heteroatoms. The Balaban J connectivity index is 3.55. The molecule has 0 aromatic rings. The Hall–Kier alpha value is -1.19. The van der Waals surface area contributed by atoms with Crippen LogP contribution in [0.4, 0.5) is 0 Å². The zero-order valence-electron chi connectivity index (χ0n) is 8.95. The van der Waals surface area contributed by atoms with E-state index in [1.165, 1.54) is 0 Å². The number of hydrogen-bond donors (Lipinski definition) is 4. The van der Waals surface area contributed by atoms with Gasteiger partial charge in [-0.05, 0) is 0 Å². The zero-order chi connectivity index (χ0) is 12.6. The predicted molar refractivity (Wildman–Crippen MR) is 57.9 cm³/mol. The van der Waals surface area contributed by atoms with Gasteiger partial charge in [0.05, 0.1) is 19.3 Å². The predicted octanol–water partition coefficient (Wildman–Crippen LogP) is -3.27. The highest BCUT2D eigenvalue weighted by Crippen LogP contribution is 1.71. The number of carbonyl (C=O) groups excluding carboxylic acids is 2. The van der Waals surface area contributed by atoms with Crippen LogP contribution in [0.1, 0.15) is 0 Å². The highest BCUT2D eigenvalue weighted by atomic mass is 32.2. The third kappa shape index (κ3) is 9.37. The zero-order valence-corrected chi connectivity index (χ0v) is 9.76. The third-order valence-corrected chi connectivity index (χ3v) is 2.17. The van der Waals surface area contributed by atoms with E-state index in [2.05, 4.69) is 15.4 Å². The summed E-state index contributed by atoms with van der Waals surface area (Å²) in [5.41, 5.74) is 5.01. The molecule has 0 aromatic heterocycles. The van der Waals surface area contributed by atoms with E-state index in [0.29, 0.717) is 0 Å². The lowest BCUT2D eigenvalue weighted by Gasteiger charge is -2.06. The fourth-order valence-corrected chi connectivity index (χ4v) is 1.22. The molecule has 0 aliphatic rings. The average molecular weight is 252 g/mol. The van der Waals surface area contributed by atoms with E-state index in [0.717, 1.165) is 6.26 Å². The number of sulfonamides is 1. The number of nitrogens with two attached hydrogens (primary N) is 1. The molecule has 0 saturated carbocycles. The molecule has 2 amide bonds. The number of amides is 2. The van der Waals surface area contributed by atoms with Crippen molar-refractivity contribution in [2.75, 3.05) is 32.4 Å². The first-order chi connectivity index (χ1) is 7.35. The summed E-state index contributed by atoms with van der Waals surface area (Å²) in [4.78, 5) is 21.7. The molecule has 94 valence electrons. The quantitative estimate of drug-likeness (QED) is 0.353. The molecule has 0 aliphatic carbocycles. The van der Waals surface area contributed by atoms with Crippen molar-refractivity contribution in [2.24, 2.45) is 5.73 Å². The van der Waals surface area contributed by atoms with E-state index in [4.69, 9.17) is 5.73 Å². The second kappa shape index (κ2) is 7.14. The molecule has 5 N–H and O–H groups in total. The molecule has 0 spiro atoms. The van der Waals surface area contributed by atoms with Crippen LogP contribution >= 0.6 is 0 Å². The number of carbonyl (C=O) groups is 2. The Labute approximate surface area is 94.0 Å². The van der Waals surface area contributed by atoms with E-state index < -0.39 is 21.8 Å². The molecule has 0 fully saturated rings. The van der Waals surface area contributed by atoms with Gasteiger partial charge in [0.2, 0.25) is 21.8 Å². The monoisotopic (exact) mass is 252 g/mol. The molecule has 16 heavy (non-hydrogen) atoms.